The summed E-state index contributed by atoms with van der Waals surface area (Å²) in [4.78, 5) is 12.9. The second kappa shape index (κ2) is 5.60. The molecule has 0 unspecified atom stereocenters. The molecule has 1 aliphatic rings. The largest absolute Gasteiger partial charge is 0.508 e. The van der Waals surface area contributed by atoms with Crippen LogP contribution in [0.3, 0.4) is 0 Å². The van der Waals surface area contributed by atoms with Gasteiger partial charge in [0.2, 0.25) is 5.91 Å². The summed E-state index contributed by atoms with van der Waals surface area (Å²) in [5.41, 5.74) is 1.29. The third-order valence-electron chi connectivity index (χ3n) is 4.32. The normalized spacial score (nSPS) is 16.6. The van der Waals surface area contributed by atoms with Crippen LogP contribution < -0.4 is 5.32 Å². The van der Waals surface area contributed by atoms with Gasteiger partial charge in [0.15, 0.2) is 0 Å². The van der Waals surface area contributed by atoms with Crippen LogP contribution in [0.5, 0.6) is 5.75 Å². The molecule has 1 amide bonds. The van der Waals surface area contributed by atoms with Gasteiger partial charge in [0.25, 0.3) is 0 Å². The number of aromatic hydroxyl groups is 1. The maximum atomic E-state index is 12.9. The fourth-order valence-corrected chi connectivity index (χ4v) is 3.22. The second-order valence-electron chi connectivity index (χ2n) is 5.66. The highest BCUT2D eigenvalue weighted by Crippen LogP contribution is 2.42. The molecule has 0 heterocycles. The predicted molar refractivity (Wildman–Crippen MR) is 83.3 cm³/mol. The number of phenolic OH excluding ortho intramolecular Hbond substituents is 1. The molecule has 3 rings (SSSR count). The van der Waals surface area contributed by atoms with Gasteiger partial charge in [-0.25, -0.2) is 0 Å². The summed E-state index contributed by atoms with van der Waals surface area (Å²) in [6.45, 7) is 0. The van der Waals surface area contributed by atoms with Crippen molar-refractivity contribution in [2.24, 2.45) is 0 Å². The first-order chi connectivity index (χ1) is 10.2. The van der Waals surface area contributed by atoms with Crippen molar-refractivity contribution >= 4 is 11.6 Å². The minimum absolute atomic E-state index is 0.0248. The van der Waals surface area contributed by atoms with Gasteiger partial charge in [0, 0.05) is 11.8 Å². The Morgan fingerprint density at radius 1 is 1.00 bits per heavy atom. The molecule has 0 aliphatic heterocycles. The van der Waals surface area contributed by atoms with Gasteiger partial charge in [-0.2, -0.15) is 0 Å². The molecule has 2 N–H and O–H groups in total. The van der Waals surface area contributed by atoms with Gasteiger partial charge < -0.3 is 10.4 Å². The maximum absolute atomic E-state index is 12.9. The topological polar surface area (TPSA) is 49.3 Å². The molecule has 2 aromatic carbocycles. The number of benzene rings is 2. The molecule has 0 atom stereocenters. The van der Waals surface area contributed by atoms with Gasteiger partial charge in [0.05, 0.1) is 5.41 Å². The Morgan fingerprint density at radius 3 is 2.38 bits per heavy atom. The lowest BCUT2D eigenvalue weighted by Crippen LogP contribution is -2.37. The Labute approximate surface area is 124 Å². The van der Waals surface area contributed by atoms with Crippen LogP contribution in [-0.4, -0.2) is 11.0 Å². The highest BCUT2D eigenvalue weighted by atomic mass is 16.3. The first kappa shape index (κ1) is 13.7. The van der Waals surface area contributed by atoms with E-state index >= 15 is 0 Å². The summed E-state index contributed by atoms with van der Waals surface area (Å²) in [5.74, 6) is 0.185. The van der Waals surface area contributed by atoms with Crippen LogP contribution in [0.4, 0.5) is 5.69 Å². The molecule has 2 aromatic rings. The van der Waals surface area contributed by atoms with Crippen LogP contribution in [0.1, 0.15) is 31.2 Å². The van der Waals surface area contributed by atoms with Gasteiger partial charge in [-0.15, -0.1) is 0 Å². The lowest BCUT2D eigenvalue weighted by Gasteiger charge is -2.28. The van der Waals surface area contributed by atoms with Crippen molar-refractivity contribution in [1.82, 2.24) is 0 Å². The van der Waals surface area contributed by atoms with E-state index in [4.69, 9.17) is 0 Å². The molecular formula is C18H19NO2. The van der Waals surface area contributed by atoms with E-state index < -0.39 is 5.41 Å². The van der Waals surface area contributed by atoms with Crippen LogP contribution in [-0.2, 0) is 10.2 Å². The van der Waals surface area contributed by atoms with Crippen molar-refractivity contribution in [2.45, 2.75) is 31.1 Å². The first-order valence-corrected chi connectivity index (χ1v) is 7.37. The Balaban J connectivity index is 1.89. The lowest BCUT2D eigenvalue weighted by atomic mass is 9.78. The van der Waals surface area contributed by atoms with Crippen LogP contribution in [0.15, 0.2) is 54.6 Å². The van der Waals surface area contributed by atoms with E-state index in [-0.39, 0.29) is 11.7 Å². The molecule has 21 heavy (non-hydrogen) atoms. The van der Waals surface area contributed by atoms with Crippen LogP contribution in [0.25, 0.3) is 0 Å². The highest BCUT2D eigenvalue weighted by molar-refractivity contribution is 5.99. The van der Waals surface area contributed by atoms with Gasteiger partial charge >= 0.3 is 0 Å². The van der Waals surface area contributed by atoms with E-state index in [1.165, 1.54) is 0 Å². The van der Waals surface area contributed by atoms with Crippen molar-refractivity contribution in [3.05, 3.63) is 60.2 Å². The van der Waals surface area contributed by atoms with E-state index in [0.29, 0.717) is 5.69 Å². The first-order valence-electron chi connectivity index (χ1n) is 7.37. The number of carbonyl (C=O) groups is 1. The van der Waals surface area contributed by atoms with Crippen LogP contribution in [0.2, 0.25) is 0 Å². The minimum Gasteiger partial charge on any atom is -0.508 e. The van der Waals surface area contributed by atoms with Crippen LogP contribution >= 0.6 is 0 Å². The number of hydrogen-bond acceptors (Lipinski definition) is 2. The van der Waals surface area contributed by atoms with Crippen LogP contribution in [0, 0.1) is 0 Å². The summed E-state index contributed by atoms with van der Waals surface area (Å²) < 4.78 is 0. The number of hydrogen-bond donors (Lipinski definition) is 2. The molecular weight excluding hydrogens is 262 g/mol. The second-order valence-corrected chi connectivity index (χ2v) is 5.66. The predicted octanol–water partition coefficient (Wildman–Crippen LogP) is 3.84. The van der Waals surface area contributed by atoms with Gasteiger partial charge in [0.1, 0.15) is 5.75 Å². The highest BCUT2D eigenvalue weighted by Gasteiger charge is 2.42. The average molecular weight is 281 g/mol. The Morgan fingerprint density at radius 2 is 1.71 bits per heavy atom. The van der Waals surface area contributed by atoms with E-state index in [0.717, 1.165) is 31.2 Å². The Kier molecular flexibility index (Phi) is 3.65. The number of anilines is 1. The zero-order valence-electron chi connectivity index (χ0n) is 11.9. The fourth-order valence-electron chi connectivity index (χ4n) is 3.22. The minimum atomic E-state index is -0.438. The molecule has 3 heteroatoms. The van der Waals surface area contributed by atoms with Gasteiger partial charge in [-0.3, -0.25) is 4.79 Å². The third-order valence-corrected chi connectivity index (χ3v) is 4.32. The number of rotatable bonds is 3. The molecule has 1 fully saturated rings. The van der Waals surface area contributed by atoms with Crippen molar-refractivity contribution in [1.29, 1.82) is 0 Å². The molecule has 0 bridgehead atoms. The molecule has 108 valence electrons. The SMILES string of the molecule is O=C(Nc1cccc(O)c1)C1(c2ccccc2)CCCC1. The molecule has 0 saturated heterocycles. The molecule has 0 radical (unpaired) electrons. The fraction of sp³-hybridized carbons (Fsp3) is 0.278. The number of phenols is 1. The molecule has 0 spiro atoms. The summed E-state index contributed by atoms with van der Waals surface area (Å²) >= 11 is 0. The van der Waals surface area contributed by atoms with Crippen molar-refractivity contribution in [3.8, 4) is 5.75 Å². The standard InChI is InChI=1S/C18H19NO2/c20-16-10-6-9-15(13-16)19-17(21)18(11-4-5-12-18)14-7-2-1-3-8-14/h1-3,6-10,13,20H,4-5,11-12H2,(H,19,21). The Bertz CT molecular complexity index is 631. The number of carbonyl (C=O) groups excluding carboxylic acids is 1. The summed E-state index contributed by atoms with van der Waals surface area (Å²) in [5, 5.41) is 12.5. The van der Waals surface area contributed by atoms with E-state index in [2.05, 4.69) is 5.32 Å². The molecule has 1 saturated carbocycles. The van der Waals surface area contributed by atoms with E-state index in [9.17, 15) is 9.90 Å². The smallest absolute Gasteiger partial charge is 0.235 e. The maximum Gasteiger partial charge on any atom is 0.235 e. The summed E-state index contributed by atoms with van der Waals surface area (Å²) in [7, 11) is 0. The van der Waals surface area contributed by atoms with Crippen molar-refractivity contribution < 1.29 is 9.90 Å². The van der Waals surface area contributed by atoms with E-state index in [1.807, 2.05) is 30.3 Å². The molecule has 1 aliphatic carbocycles. The van der Waals surface area contributed by atoms with Gasteiger partial charge in [-0.1, -0.05) is 49.2 Å². The van der Waals surface area contributed by atoms with Crippen molar-refractivity contribution in [2.75, 3.05) is 5.32 Å². The monoisotopic (exact) mass is 281 g/mol. The summed E-state index contributed by atoms with van der Waals surface area (Å²) in [6, 6.07) is 16.7. The quantitative estimate of drug-likeness (QED) is 0.898. The van der Waals surface area contributed by atoms with Crippen molar-refractivity contribution in [3.63, 3.8) is 0 Å². The lowest BCUT2D eigenvalue weighted by molar-refractivity contribution is -0.121. The average Bonchev–Trinajstić information content (AvgIpc) is 2.99. The van der Waals surface area contributed by atoms with Gasteiger partial charge in [-0.05, 0) is 30.5 Å². The zero-order valence-corrected chi connectivity index (χ0v) is 11.9. The third kappa shape index (κ3) is 2.64. The Hall–Kier alpha value is -2.29. The van der Waals surface area contributed by atoms with E-state index in [1.54, 1.807) is 24.3 Å². The number of amides is 1. The molecule has 0 aromatic heterocycles. The zero-order chi connectivity index (χ0) is 14.7. The molecule has 3 nitrogen and oxygen atoms in total. The number of nitrogens with one attached hydrogen (secondary N) is 1. The summed E-state index contributed by atoms with van der Waals surface area (Å²) in [6.07, 6.45) is 3.90.